The molecule has 1 aliphatic rings. The van der Waals surface area contributed by atoms with Crippen molar-refractivity contribution in [1.82, 2.24) is 0 Å². The molecule has 4 nitrogen and oxygen atoms in total. The van der Waals surface area contributed by atoms with Crippen molar-refractivity contribution in [2.24, 2.45) is 11.3 Å². The quantitative estimate of drug-likeness (QED) is 0.531. The molecular weight excluding hydrogens is 420 g/mol. The van der Waals surface area contributed by atoms with Crippen molar-refractivity contribution < 1.29 is 19.0 Å². The lowest BCUT2D eigenvalue weighted by atomic mass is 9.60. The van der Waals surface area contributed by atoms with E-state index in [1.165, 1.54) is 6.42 Å². The molecule has 1 aromatic heterocycles. The van der Waals surface area contributed by atoms with E-state index in [0.717, 1.165) is 46.9 Å². The van der Waals surface area contributed by atoms with Crippen molar-refractivity contribution in [2.75, 3.05) is 14.2 Å². The van der Waals surface area contributed by atoms with Crippen LogP contribution in [-0.2, 0) is 0 Å². The van der Waals surface area contributed by atoms with Gasteiger partial charge < -0.3 is 19.0 Å². The van der Waals surface area contributed by atoms with Crippen LogP contribution >= 0.6 is 15.9 Å². The summed E-state index contributed by atoms with van der Waals surface area (Å²) >= 11 is 3.60. The van der Waals surface area contributed by atoms with Gasteiger partial charge >= 0.3 is 0 Å². The van der Waals surface area contributed by atoms with E-state index in [1.54, 1.807) is 14.2 Å². The number of benzene rings is 1. The lowest BCUT2D eigenvalue weighted by Crippen LogP contribution is -2.47. The molecule has 1 heterocycles. The first kappa shape index (κ1) is 21.5. The summed E-state index contributed by atoms with van der Waals surface area (Å²) in [5.41, 5.74) is 0.364. The molecule has 3 atom stereocenters. The first-order valence-electron chi connectivity index (χ1n) is 10.2. The van der Waals surface area contributed by atoms with Gasteiger partial charge in [-0.05, 0) is 72.0 Å². The smallest absolute Gasteiger partial charge is 0.178 e. The highest BCUT2D eigenvalue weighted by Gasteiger charge is 2.45. The van der Waals surface area contributed by atoms with E-state index < -0.39 is 5.60 Å². The molecular formula is C23H33BrO4. The van der Waals surface area contributed by atoms with Crippen LogP contribution in [0.4, 0.5) is 0 Å². The fraction of sp³-hybridized carbons (Fsp3) is 0.652. The molecule has 0 spiro atoms. The summed E-state index contributed by atoms with van der Waals surface area (Å²) in [5.74, 6) is 2.85. The van der Waals surface area contributed by atoms with Crippen LogP contribution in [0.5, 0.6) is 11.5 Å². The molecule has 28 heavy (non-hydrogen) atoms. The number of hydrogen-bond donors (Lipinski definition) is 1. The Labute approximate surface area is 176 Å². The molecule has 0 bridgehead atoms. The third-order valence-electron chi connectivity index (χ3n) is 6.69. The standard InChI is InChI=1S/C23H33BrO4/c1-14(8-9-18-22(2,3)10-7-11-23(18,4)25)16-12-15-13-17(26-5)21(27-6)19(24)20(15)28-16/h12-14,18,25H,7-11H2,1-6H3/t14-,18?,23+/m1/s1. The number of ether oxygens (including phenoxy) is 2. The second-order valence-electron chi connectivity index (χ2n) is 9.22. The van der Waals surface area contributed by atoms with Gasteiger partial charge in [-0.2, -0.15) is 0 Å². The molecule has 1 unspecified atom stereocenters. The summed E-state index contributed by atoms with van der Waals surface area (Å²) in [7, 11) is 3.26. The zero-order valence-corrected chi connectivity index (χ0v) is 19.5. The van der Waals surface area contributed by atoms with E-state index in [-0.39, 0.29) is 11.3 Å². The Morgan fingerprint density at radius 1 is 1.21 bits per heavy atom. The Kier molecular flexibility index (Phi) is 6.07. The predicted molar refractivity (Wildman–Crippen MR) is 116 cm³/mol. The molecule has 156 valence electrons. The lowest BCUT2D eigenvalue weighted by molar-refractivity contribution is -0.0932. The van der Waals surface area contributed by atoms with E-state index >= 15 is 0 Å². The van der Waals surface area contributed by atoms with Crippen molar-refractivity contribution in [3.8, 4) is 11.5 Å². The molecule has 1 saturated carbocycles. The summed E-state index contributed by atoms with van der Waals surface area (Å²) < 4.78 is 17.9. The molecule has 1 N–H and O–H groups in total. The Bertz CT molecular complexity index is 821. The average molecular weight is 453 g/mol. The molecule has 2 aromatic rings. The first-order chi connectivity index (χ1) is 13.1. The Hall–Kier alpha value is -1.20. The topological polar surface area (TPSA) is 51.8 Å². The van der Waals surface area contributed by atoms with Crippen LogP contribution in [0.2, 0.25) is 0 Å². The Morgan fingerprint density at radius 3 is 2.54 bits per heavy atom. The summed E-state index contributed by atoms with van der Waals surface area (Å²) in [6.45, 7) is 8.81. The molecule has 0 saturated heterocycles. The van der Waals surface area contributed by atoms with Crippen LogP contribution in [-0.4, -0.2) is 24.9 Å². The van der Waals surface area contributed by atoms with Gasteiger partial charge in [0.2, 0.25) is 0 Å². The molecule has 1 fully saturated rings. The van der Waals surface area contributed by atoms with Gasteiger partial charge in [0.25, 0.3) is 0 Å². The molecule has 1 aliphatic carbocycles. The zero-order chi connectivity index (χ0) is 20.7. The molecule has 0 radical (unpaired) electrons. The molecule has 0 aliphatic heterocycles. The fourth-order valence-corrected chi connectivity index (χ4v) is 5.73. The van der Waals surface area contributed by atoms with Crippen LogP contribution < -0.4 is 9.47 Å². The molecule has 1 aromatic carbocycles. The van der Waals surface area contributed by atoms with Gasteiger partial charge in [0, 0.05) is 11.3 Å². The maximum atomic E-state index is 11.0. The normalized spacial score (nSPS) is 25.6. The molecule has 0 amide bonds. The van der Waals surface area contributed by atoms with Crippen molar-refractivity contribution in [1.29, 1.82) is 0 Å². The van der Waals surface area contributed by atoms with Crippen LogP contribution in [0.3, 0.4) is 0 Å². The summed E-state index contributed by atoms with van der Waals surface area (Å²) in [4.78, 5) is 0. The van der Waals surface area contributed by atoms with Crippen LogP contribution in [0.15, 0.2) is 21.0 Å². The van der Waals surface area contributed by atoms with E-state index in [0.29, 0.717) is 17.4 Å². The fourth-order valence-electron chi connectivity index (χ4n) is 5.06. The number of hydrogen-bond acceptors (Lipinski definition) is 4. The van der Waals surface area contributed by atoms with Gasteiger partial charge in [0.15, 0.2) is 17.1 Å². The van der Waals surface area contributed by atoms with Crippen molar-refractivity contribution in [3.05, 3.63) is 22.4 Å². The number of rotatable bonds is 6. The molecule has 5 heteroatoms. The predicted octanol–water partition coefficient (Wildman–Crippen LogP) is 6.67. The maximum Gasteiger partial charge on any atom is 0.178 e. The van der Waals surface area contributed by atoms with Crippen molar-refractivity contribution in [3.63, 3.8) is 0 Å². The number of aliphatic hydroxyl groups is 1. The highest BCUT2D eigenvalue weighted by Crippen LogP contribution is 2.49. The third-order valence-corrected chi connectivity index (χ3v) is 7.41. The van der Waals surface area contributed by atoms with E-state index in [1.807, 2.05) is 13.0 Å². The average Bonchev–Trinajstić information content (AvgIpc) is 3.04. The van der Waals surface area contributed by atoms with E-state index in [2.05, 4.69) is 42.8 Å². The van der Waals surface area contributed by atoms with Gasteiger partial charge in [-0.25, -0.2) is 0 Å². The maximum absolute atomic E-state index is 11.0. The van der Waals surface area contributed by atoms with Crippen LogP contribution in [0, 0.1) is 11.3 Å². The van der Waals surface area contributed by atoms with E-state index in [4.69, 9.17) is 13.9 Å². The summed E-state index contributed by atoms with van der Waals surface area (Å²) in [5, 5.41) is 12.0. The second kappa shape index (κ2) is 7.91. The van der Waals surface area contributed by atoms with Gasteiger partial charge in [-0.1, -0.05) is 27.2 Å². The van der Waals surface area contributed by atoms with Gasteiger partial charge in [-0.3, -0.25) is 0 Å². The zero-order valence-electron chi connectivity index (χ0n) is 17.9. The minimum atomic E-state index is -0.584. The Balaban J connectivity index is 1.82. The van der Waals surface area contributed by atoms with Crippen molar-refractivity contribution in [2.45, 2.75) is 71.3 Å². The number of methoxy groups -OCH3 is 2. The van der Waals surface area contributed by atoms with E-state index in [9.17, 15) is 5.11 Å². The SMILES string of the molecule is COc1cc2cc([C@H](C)CCC3C(C)(C)CCC[C@]3(C)O)oc2c(Br)c1OC. The lowest BCUT2D eigenvalue weighted by Gasteiger charge is -2.48. The highest BCUT2D eigenvalue weighted by atomic mass is 79.9. The van der Waals surface area contributed by atoms with Gasteiger partial charge in [-0.15, -0.1) is 0 Å². The number of furan rings is 1. The van der Waals surface area contributed by atoms with Crippen LogP contribution in [0.25, 0.3) is 11.0 Å². The molecule has 3 rings (SSSR count). The van der Waals surface area contributed by atoms with Crippen molar-refractivity contribution >= 4 is 26.9 Å². The monoisotopic (exact) mass is 452 g/mol. The second-order valence-corrected chi connectivity index (χ2v) is 10.0. The summed E-state index contributed by atoms with van der Waals surface area (Å²) in [6.07, 6.45) is 5.15. The minimum Gasteiger partial charge on any atom is -0.493 e. The third kappa shape index (κ3) is 3.93. The Morgan fingerprint density at radius 2 is 1.93 bits per heavy atom. The van der Waals surface area contributed by atoms with Gasteiger partial charge in [0.05, 0.1) is 19.8 Å². The minimum absolute atomic E-state index is 0.166. The highest BCUT2D eigenvalue weighted by molar-refractivity contribution is 9.10. The van der Waals surface area contributed by atoms with Gasteiger partial charge in [0.1, 0.15) is 10.2 Å². The number of halogens is 1. The first-order valence-corrected chi connectivity index (χ1v) is 11.0. The number of fused-ring (bicyclic) bond motifs is 1. The largest absolute Gasteiger partial charge is 0.493 e. The summed E-state index contributed by atoms with van der Waals surface area (Å²) in [6, 6.07) is 4.05. The van der Waals surface area contributed by atoms with Crippen LogP contribution in [0.1, 0.15) is 71.5 Å².